The Balaban J connectivity index is 2.71. The zero-order chi connectivity index (χ0) is 14.3. The monoisotopic (exact) mass is 306 g/mol. The van der Waals surface area contributed by atoms with Crippen molar-refractivity contribution in [1.29, 1.82) is 0 Å². The summed E-state index contributed by atoms with van der Waals surface area (Å²) in [6.45, 7) is 0.492. The Morgan fingerprint density at radius 1 is 1.37 bits per heavy atom. The van der Waals surface area contributed by atoms with Gasteiger partial charge in [0.15, 0.2) is 0 Å². The summed E-state index contributed by atoms with van der Waals surface area (Å²) < 4.78 is 39.9. The van der Waals surface area contributed by atoms with Gasteiger partial charge >= 0.3 is 0 Å². The van der Waals surface area contributed by atoms with Crippen molar-refractivity contribution in [2.75, 3.05) is 18.6 Å². The highest BCUT2D eigenvalue weighted by atomic mass is 32.2. The highest BCUT2D eigenvalue weighted by Crippen LogP contribution is 2.16. The van der Waals surface area contributed by atoms with Gasteiger partial charge in [-0.3, -0.25) is 0 Å². The summed E-state index contributed by atoms with van der Waals surface area (Å²) in [6, 6.07) is 3.89. The number of hydrogen-bond acceptors (Lipinski definition) is 4. The topological polar surface area (TPSA) is 72.2 Å². The maximum Gasteiger partial charge on any atom is 0.243 e. The van der Waals surface area contributed by atoms with Crippen LogP contribution in [0.1, 0.15) is 18.4 Å². The molecule has 0 amide bonds. The largest absolute Gasteiger partial charge is 0.326 e. The molecule has 3 N–H and O–H groups in total. The fraction of sp³-hybridized carbons (Fsp3) is 0.500. The fourth-order valence-corrected chi connectivity index (χ4v) is 3.23. The average molecular weight is 306 g/mol. The predicted octanol–water partition coefficient (Wildman–Crippen LogP) is 1.71. The number of nitrogens with two attached hydrogens (primary N) is 1. The molecule has 108 valence electrons. The third-order valence-electron chi connectivity index (χ3n) is 2.59. The molecule has 0 aliphatic heterocycles. The van der Waals surface area contributed by atoms with E-state index in [-0.39, 0.29) is 11.4 Å². The first-order chi connectivity index (χ1) is 9.01. The first-order valence-corrected chi connectivity index (χ1v) is 8.86. The molecule has 0 saturated heterocycles. The molecule has 4 nitrogen and oxygen atoms in total. The van der Waals surface area contributed by atoms with Crippen LogP contribution in [0.25, 0.3) is 0 Å². The van der Waals surface area contributed by atoms with E-state index in [1.165, 1.54) is 12.1 Å². The Morgan fingerprint density at radius 3 is 2.74 bits per heavy atom. The molecule has 0 bridgehead atoms. The zero-order valence-corrected chi connectivity index (χ0v) is 12.5. The van der Waals surface area contributed by atoms with Crippen molar-refractivity contribution in [2.45, 2.75) is 24.3 Å². The van der Waals surface area contributed by atoms with E-state index < -0.39 is 15.8 Å². The Kier molecular flexibility index (Phi) is 6.78. The minimum atomic E-state index is -3.80. The third-order valence-corrected chi connectivity index (χ3v) is 4.76. The normalized spacial score (nSPS) is 11.7. The number of halogens is 1. The van der Waals surface area contributed by atoms with Crippen molar-refractivity contribution in [3.63, 3.8) is 0 Å². The number of unbranched alkanes of at least 4 members (excludes halogenated alkanes) is 1. The van der Waals surface area contributed by atoms with E-state index in [1.54, 1.807) is 11.8 Å². The van der Waals surface area contributed by atoms with Crippen molar-refractivity contribution in [1.82, 2.24) is 4.72 Å². The molecule has 1 rings (SSSR count). The molecule has 0 unspecified atom stereocenters. The second kappa shape index (κ2) is 7.84. The summed E-state index contributed by atoms with van der Waals surface area (Å²) >= 11 is 1.71. The number of benzene rings is 1. The maximum atomic E-state index is 13.6. The molecule has 19 heavy (non-hydrogen) atoms. The molecular weight excluding hydrogens is 287 g/mol. The summed E-state index contributed by atoms with van der Waals surface area (Å²) in [5.41, 5.74) is 6.01. The van der Waals surface area contributed by atoms with Crippen LogP contribution in [0.3, 0.4) is 0 Å². The zero-order valence-electron chi connectivity index (χ0n) is 10.9. The Hall–Kier alpha value is -0.630. The summed E-state index contributed by atoms with van der Waals surface area (Å²) in [7, 11) is -3.80. The lowest BCUT2D eigenvalue weighted by atomic mass is 10.2. The van der Waals surface area contributed by atoms with Gasteiger partial charge in [0.2, 0.25) is 10.0 Å². The van der Waals surface area contributed by atoms with E-state index in [9.17, 15) is 12.8 Å². The first kappa shape index (κ1) is 16.4. The van der Waals surface area contributed by atoms with Crippen LogP contribution in [0.15, 0.2) is 23.1 Å². The Morgan fingerprint density at radius 2 is 2.11 bits per heavy atom. The molecule has 0 heterocycles. The number of thioether (sulfide) groups is 1. The summed E-state index contributed by atoms with van der Waals surface area (Å²) in [5.74, 6) is 0.229. The standard InChI is InChI=1S/C12H19FN2O2S2/c1-18-7-3-2-6-15-19(16,17)12-8-10(9-14)4-5-11(12)13/h4-5,8,15H,2-3,6-7,9,14H2,1H3. The van der Waals surface area contributed by atoms with E-state index >= 15 is 0 Å². The van der Waals surface area contributed by atoms with Gasteiger partial charge in [-0.25, -0.2) is 17.5 Å². The van der Waals surface area contributed by atoms with Gasteiger partial charge < -0.3 is 5.73 Å². The molecule has 1 aromatic rings. The van der Waals surface area contributed by atoms with Gasteiger partial charge in [0.1, 0.15) is 10.7 Å². The van der Waals surface area contributed by atoms with Crippen LogP contribution < -0.4 is 10.5 Å². The summed E-state index contributed by atoms with van der Waals surface area (Å²) in [5, 5.41) is 0. The van der Waals surface area contributed by atoms with Crippen LogP contribution in [-0.2, 0) is 16.6 Å². The molecule has 1 aromatic carbocycles. The van der Waals surface area contributed by atoms with Crippen molar-refractivity contribution >= 4 is 21.8 Å². The van der Waals surface area contributed by atoms with Crippen molar-refractivity contribution in [3.8, 4) is 0 Å². The third kappa shape index (κ3) is 5.10. The van der Waals surface area contributed by atoms with Crippen molar-refractivity contribution < 1.29 is 12.8 Å². The van der Waals surface area contributed by atoms with E-state index in [2.05, 4.69) is 4.72 Å². The fourth-order valence-electron chi connectivity index (χ4n) is 1.54. The lowest BCUT2D eigenvalue weighted by Crippen LogP contribution is -2.26. The number of sulfonamides is 1. The van der Waals surface area contributed by atoms with Crippen LogP contribution in [0.5, 0.6) is 0 Å². The van der Waals surface area contributed by atoms with Crippen LogP contribution in [0, 0.1) is 5.82 Å². The Labute approximate surface area is 118 Å². The van der Waals surface area contributed by atoms with E-state index in [1.807, 2.05) is 6.26 Å². The number of hydrogen-bond donors (Lipinski definition) is 2. The van der Waals surface area contributed by atoms with E-state index in [0.29, 0.717) is 12.1 Å². The van der Waals surface area contributed by atoms with Gasteiger partial charge in [0, 0.05) is 13.1 Å². The molecule has 0 fully saturated rings. The van der Waals surface area contributed by atoms with Crippen LogP contribution >= 0.6 is 11.8 Å². The van der Waals surface area contributed by atoms with Gasteiger partial charge in [-0.2, -0.15) is 11.8 Å². The maximum absolute atomic E-state index is 13.6. The smallest absolute Gasteiger partial charge is 0.243 e. The number of nitrogens with one attached hydrogen (secondary N) is 1. The average Bonchev–Trinajstić information content (AvgIpc) is 2.39. The molecule has 0 aliphatic rings. The lowest BCUT2D eigenvalue weighted by Gasteiger charge is -2.08. The second-order valence-corrected chi connectivity index (χ2v) is 6.79. The highest BCUT2D eigenvalue weighted by Gasteiger charge is 2.18. The molecule has 0 saturated carbocycles. The van der Waals surface area contributed by atoms with E-state index in [4.69, 9.17) is 5.73 Å². The van der Waals surface area contributed by atoms with Crippen molar-refractivity contribution in [3.05, 3.63) is 29.6 Å². The lowest BCUT2D eigenvalue weighted by molar-refractivity contribution is 0.554. The van der Waals surface area contributed by atoms with Gasteiger partial charge in [-0.1, -0.05) is 6.07 Å². The quantitative estimate of drug-likeness (QED) is 0.717. The number of rotatable bonds is 8. The van der Waals surface area contributed by atoms with Crippen LogP contribution in [-0.4, -0.2) is 27.0 Å². The SMILES string of the molecule is CSCCCCNS(=O)(=O)c1cc(CN)ccc1F. The first-order valence-electron chi connectivity index (χ1n) is 5.98. The predicted molar refractivity (Wildman–Crippen MR) is 77.1 cm³/mol. The molecule has 0 aromatic heterocycles. The van der Waals surface area contributed by atoms with Gasteiger partial charge in [0.25, 0.3) is 0 Å². The molecule has 7 heteroatoms. The minimum absolute atomic E-state index is 0.177. The Bertz CT molecular complexity index is 506. The van der Waals surface area contributed by atoms with Crippen LogP contribution in [0.2, 0.25) is 0 Å². The minimum Gasteiger partial charge on any atom is -0.326 e. The van der Waals surface area contributed by atoms with Gasteiger partial charge in [-0.15, -0.1) is 0 Å². The highest BCUT2D eigenvalue weighted by molar-refractivity contribution is 7.98. The summed E-state index contributed by atoms with van der Waals surface area (Å²) in [6.07, 6.45) is 3.66. The summed E-state index contributed by atoms with van der Waals surface area (Å²) in [4.78, 5) is -0.333. The molecular formula is C12H19FN2O2S2. The molecule has 0 atom stereocenters. The van der Waals surface area contributed by atoms with Gasteiger partial charge in [0.05, 0.1) is 0 Å². The second-order valence-electron chi connectivity index (χ2n) is 4.07. The van der Waals surface area contributed by atoms with Gasteiger partial charge in [-0.05, 0) is 42.5 Å². The molecule has 0 aliphatic carbocycles. The van der Waals surface area contributed by atoms with E-state index in [0.717, 1.165) is 24.7 Å². The van der Waals surface area contributed by atoms with Crippen LogP contribution in [0.4, 0.5) is 4.39 Å². The van der Waals surface area contributed by atoms with Crippen molar-refractivity contribution in [2.24, 2.45) is 5.73 Å². The molecule has 0 spiro atoms. The molecule has 0 radical (unpaired) electrons.